The molecule has 0 spiro atoms. The number of ether oxygens (including phenoxy) is 1. The molecule has 1 N–H and O–H groups in total. The lowest BCUT2D eigenvalue weighted by Crippen LogP contribution is -2.14. The van der Waals surface area contributed by atoms with Gasteiger partial charge in [0.25, 0.3) is 5.91 Å². The standard InChI is InChI=1S/C18H19NO3S/c1-4-12(3)16(20)19-17-14(18(21)22-5-2)11-15(23-17)13-9-7-6-8-10-13/h4,6-11H,5H2,1-3H3,(H,19,20)/b12-4+. The second-order valence-electron chi connectivity index (χ2n) is 4.87. The molecule has 1 amide bonds. The molecule has 1 aromatic carbocycles. The zero-order valence-corrected chi connectivity index (χ0v) is 14.2. The fourth-order valence-electron chi connectivity index (χ4n) is 1.92. The Morgan fingerprint density at radius 1 is 1.26 bits per heavy atom. The Kier molecular flexibility index (Phi) is 5.71. The van der Waals surface area contributed by atoms with Crippen LogP contribution in [0.1, 0.15) is 31.1 Å². The normalized spacial score (nSPS) is 11.2. The minimum Gasteiger partial charge on any atom is -0.462 e. The van der Waals surface area contributed by atoms with Gasteiger partial charge in [0.15, 0.2) is 0 Å². The lowest BCUT2D eigenvalue weighted by Gasteiger charge is -2.05. The van der Waals surface area contributed by atoms with Gasteiger partial charge in [0.2, 0.25) is 0 Å². The summed E-state index contributed by atoms with van der Waals surface area (Å²) in [7, 11) is 0. The molecule has 1 heterocycles. The molecule has 0 radical (unpaired) electrons. The highest BCUT2D eigenvalue weighted by Gasteiger charge is 2.20. The predicted molar refractivity (Wildman–Crippen MR) is 93.8 cm³/mol. The first kappa shape index (κ1) is 17.0. The molecular formula is C18H19NO3S. The summed E-state index contributed by atoms with van der Waals surface area (Å²) in [5.74, 6) is -0.654. The SMILES string of the molecule is C/C=C(\C)C(=O)Nc1sc(-c2ccccc2)cc1C(=O)OCC. The second kappa shape index (κ2) is 7.74. The first-order chi connectivity index (χ1) is 11.1. The van der Waals surface area contributed by atoms with E-state index in [-0.39, 0.29) is 12.5 Å². The highest BCUT2D eigenvalue weighted by atomic mass is 32.1. The van der Waals surface area contributed by atoms with E-state index in [4.69, 9.17) is 4.74 Å². The number of hydrogen-bond donors (Lipinski definition) is 1. The Bertz CT molecular complexity index is 732. The van der Waals surface area contributed by atoms with Crippen LogP contribution in [0.15, 0.2) is 48.0 Å². The maximum absolute atomic E-state index is 12.1. The van der Waals surface area contributed by atoms with Gasteiger partial charge in [-0.2, -0.15) is 0 Å². The highest BCUT2D eigenvalue weighted by Crippen LogP contribution is 2.36. The maximum Gasteiger partial charge on any atom is 0.341 e. The Balaban J connectivity index is 2.40. The highest BCUT2D eigenvalue weighted by molar-refractivity contribution is 7.20. The van der Waals surface area contributed by atoms with Gasteiger partial charge < -0.3 is 10.1 Å². The van der Waals surface area contributed by atoms with E-state index in [1.807, 2.05) is 30.3 Å². The molecule has 0 unspecified atom stereocenters. The molecule has 0 saturated carbocycles. The van der Waals surface area contributed by atoms with Crippen molar-refractivity contribution in [1.29, 1.82) is 0 Å². The van der Waals surface area contributed by atoms with Crippen LogP contribution in [0.25, 0.3) is 10.4 Å². The van der Waals surface area contributed by atoms with Crippen LogP contribution in [0, 0.1) is 0 Å². The second-order valence-corrected chi connectivity index (χ2v) is 5.92. The lowest BCUT2D eigenvalue weighted by molar-refractivity contribution is -0.112. The average Bonchev–Trinajstić information content (AvgIpc) is 2.99. The van der Waals surface area contributed by atoms with Crippen molar-refractivity contribution in [3.05, 3.63) is 53.6 Å². The summed E-state index contributed by atoms with van der Waals surface area (Å²) in [6.07, 6.45) is 1.73. The number of benzene rings is 1. The predicted octanol–water partition coefficient (Wildman–Crippen LogP) is 4.50. The molecule has 5 heteroatoms. The lowest BCUT2D eigenvalue weighted by atomic mass is 10.1. The number of esters is 1. The van der Waals surface area contributed by atoms with Crippen molar-refractivity contribution in [2.45, 2.75) is 20.8 Å². The van der Waals surface area contributed by atoms with Gasteiger partial charge in [0.1, 0.15) is 5.00 Å². The number of allylic oxidation sites excluding steroid dienone is 1. The number of nitrogens with one attached hydrogen (secondary N) is 1. The summed E-state index contributed by atoms with van der Waals surface area (Å²) in [4.78, 5) is 25.2. The van der Waals surface area contributed by atoms with E-state index in [0.29, 0.717) is 16.1 Å². The first-order valence-corrected chi connectivity index (χ1v) is 8.19. The third kappa shape index (κ3) is 4.07. The van der Waals surface area contributed by atoms with Crippen LogP contribution < -0.4 is 5.32 Å². The fourth-order valence-corrected chi connectivity index (χ4v) is 2.97. The molecular weight excluding hydrogens is 310 g/mol. The third-order valence-corrected chi connectivity index (χ3v) is 4.40. The van der Waals surface area contributed by atoms with Gasteiger partial charge in [-0.05, 0) is 32.4 Å². The van der Waals surface area contributed by atoms with Crippen LogP contribution in [0.2, 0.25) is 0 Å². The third-order valence-electron chi connectivity index (χ3n) is 3.30. The summed E-state index contributed by atoms with van der Waals surface area (Å²) >= 11 is 1.36. The van der Waals surface area contributed by atoms with Crippen molar-refractivity contribution >= 4 is 28.2 Å². The quantitative estimate of drug-likeness (QED) is 0.649. The van der Waals surface area contributed by atoms with Crippen molar-refractivity contribution in [1.82, 2.24) is 0 Å². The van der Waals surface area contributed by atoms with Crippen LogP contribution >= 0.6 is 11.3 Å². The minimum absolute atomic E-state index is 0.223. The van der Waals surface area contributed by atoms with Gasteiger partial charge in [-0.3, -0.25) is 4.79 Å². The molecule has 0 atom stereocenters. The fraction of sp³-hybridized carbons (Fsp3) is 0.222. The van der Waals surface area contributed by atoms with E-state index in [0.717, 1.165) is 10.4 Å². The molecule has 1 aromatic heterocycles. The molecule has 4 nitrogen and oxygen atoms in total. The molecule has 0 fully saturated rings. The number of rotatable bonds is 5. The molecule has 2 aromatic rings. The van der Waals surface area contributed by atoms with Crippen LogP contribution in [-0.2, 0) is 9.53 Å². The van der Waals surface area contributed by atoms with Crippen LogP contribution in [0.5, 0.6) is 0 Å². The molecule has 0 aliphatic heterocycles. The molecule has 0 aliphatic rings. The van der Waals surface area contributed by atoms with E-state index < -0.39 is 5.97 Å². The molecule has 0 aliphatic carbocycles. The van der Waals surface area contributed by atoms with Gasteiger partial charge in [0.05, 0.1) is 12.2 Å². The summed E-state index contributed by atoms with van der Waals surface area (Å²) in [5, 5.41) is 3.31. The maximum atomic E-state index is 12.1. The van der Waals surface area contributed by atoms with Crippen molar-refractivity contribution in [3.63, 3.8) is 0 Å². The molecule has 23 heavy (non-hydrogen) atoms. The monoisotopic (exact) mass is 329 g/mol. The largest absolute Gasteiger partial charge is 0.462 e. The van der Waals surface area contributed by atoms with Crippen LogP contribution in [-0.4, -0.2) is 18.5 Å². The molecule has 120 valence electrons. The van der Waals surface area contributed by atoms with Gasteiger partial charge in [0, 0.05) is 10.5 Å². The number of carbonyl (C=O) groups is 2. The Hall–Kier alpha value is -2.40. The summed E-state index contributed by atoms with van der Waals surface area (Å²) < 4.78 is 5.09. The van der Waals surface area contributed by atoms with E-state index in [1.54, 1.807) is 32.9 Å². The summed E-state index contributed by atoms with van der Waals surface area (Å²) in [5.41, 5.74) is 1.97. The van der Waals surface area contributed by atoms with Crippen molar-refractivity contribution in [2.75, 3.05) is 11.9 Å². The number of thiophene rings is 1. The van der Waals surface area contributed by atoms with Crippen molar-refractivity contribution in [2.24, 2.45) is 0 Å². The minimum atomic E-state index is -0.431. The van der Waals surface area contributed by atoms with E-state index in [1.165, 1.54) is 11.3 Å². The zero-order valence-electron chi connectivity index (χ0n) is 13.4. The van der Waals surface area contributed by atoms with Gasteiger partial charge in [-0.1, -0.05) is 36.4 Å². The first-order valence-electron chi connectivity index (χ1n) is 7.37. The smallest absolute Gasteiger partial charge is 0.341 e. The number of anilines is 1. The van der Waals surface area contributed by atoms with Gasteiger partial charge >= 0.3 is 5.97 Å². The van der Waals surface area contributed by atoms with E-state index in [2.05, 4.69) is 5.32 Å². The average molecular weight is 329 g/mol. The molecule has 2 rings (SSSR count). The van der Waals surface area contributed by atoms with Gasteiger partial charge in [-0.15, -0.1) is 11.3 Å². The van der Waals surface area contributed by atoms with Gasteiger partial charge in [-0.25, -0.2) is 4.79 Å². The van der Waals surface area contributed by atoms with Crippen molar-refractivity contribution < 1.29 is 14.3 Å². The van der Waals surface area contributed by atoms with Crippen LogP contribution in [0.4, 0.5) is 5.00 Å². The van der Waals surface area contributed by atoms with E-state index in [9.17, 15) is 9.59 Å². The van der Waals surface area contributed by atoms with E-state index >= 15 is 0 Å². The molecule has 0 bridgehead atoms. The Morgan fingerprint density at radius 2 is 1.96 bits per heavy atom. The summed E-state index contributed by atoms with van der Waals surface area (Å²) in [6, 6.07) is 11.5. The number of amides is 1. The van der Waals surface area contributed by atoms with Crippen molar-refractivity contribution in [3.8, 4) is 10.4 Å². The Morgan fingerprint density at radius 3 is 2.57 bits per heavy atom. The van der Waals surface area contributed by atoms with Crippen LogP contribution in [0.3, 0.4) is 0 Å². The molecule has 0 saturated heterocycles. The zero-order chi connectivity index (χ0) is 16.8. The summed E-state index contributed by atoms with van der Waals surface area (Å²) in [6.45, 7) is 5.57. The topological polar surface area (TPSA) is 55.4 Å². The number of carbonyl (C=O) groups excluding carboxylic acids is 2. The number of hydrogen-bond acceptors (Lipinski definition) is 4. The Labute approximate surface area is 139 Å².